The van der Waals surface area contributed by atoms with E-state index in [1.807, 2.05) is 24.3 Å². The molecule has 2 aromatic carbocycles. The lowest BCUT2D eigenvalue weighted by Crippen LogP contribution is -2.30. The molecule has 2 heterocycles. The number of ether oxygens (including phenoxy) is 1. The molecule has 1 aromatic heterocycles. The Morgan fingerprint density at radius 3 is 2.23 bits per heavy atom. The van der Waals surface area contributed by atoms with E-state index >= 15 is 0 Å². The van der Waals surface area contributed by atoms with Crippen molar-refractivity contribution in [3.05, 3.63) is 71.6 Å². The third-order valence-corrected chi connectivity index (χ3v) is 8.42. The van der Waals surface area contributed by atoms with Crippen LogP contribution < -0.4 is 14.9 Å². The lowest BCUT2D eigenvalue weighted by atomic mass is 10.1. The number of rotatable bonds is 8. The molecule has 1 unspecified atom stereocenters. The van der Waals surface area contributed by atoms with E-state index in [4.69, 9.17) is 4.74 Å². The van der Waals surface area contributed by atoms with Crippen molar-refractivity contribution in [1.82, 2.24) is 0 Å². The van der Waals surface area contributed by atoms with Crippen LogP contribution in [-0.4, -0.2) is 39.5 Å². The number of nitrogens with zero attached hydrogens (tertiary/aromatic N) is 1. The Labute approximate surface area is 209 Å². The van der Waals surface area contributed by atoms with Crippen molar-refractivity contribution < 1.29 is 22.7 Å². The highest BCUT2D eigenvalue weighted by Gasteiger charge is 2.20. The van der Waals surface area contributed by atoms with Gasteiger partial charge in [0, 0.05) is 30.2 Å². The standard InChI is InChI=1S/C25H27N3O5S2/c1-18(24(29)26-20-11-13-22(14-12-20)28-15-3-2-4-16-28)33-25(30)19-7-9-21(10-8-19)27-35(31,32)23-6-5-17-34-23/h5-14,17-18,27H,2-4,15-16H2,1H3,(H,26,29). The molecule has 3 aromatic rings. The van der Waals surface area contributed by atoms with Gasteiger partial charge >= 0.3 is 5.97 Å². The Kier molecular flexibility index (Phi) is 7.72. The minimum absolute atomic E-state index is 0.196. The van der Waals surface area contributed by atoms with E-state index in [2.05, 4.69) is 14.9 Å². The fourth-order valence-corrected chi connectivity index (χ4v) is 5.78. The van der Waals surface area contributed by atoms with Crippen molar-refractivity contribution in [1.29, 1.82) is 0 Å². The summed E-state index contributed by atoms with van der Waals surface area (Å²) in [5.41, 5.74) is 2.27. The summed E-state index contributed by atoms with van der Waals surface area (Å²) in [4.78, 5) is 27.3. The molecule has 0 radical (unpaired) electrons. The Morgan fingerprint density at radius 1 is 0.943 bits per heavy atom. The normalized spacial score (nSPS) is 14.7. The van der Waals surface area contributed by atoms with Gasteiger partial charge < -0.3 is 15.0 Å². The molecule has 0 aliphatic carbocycles. The van der Waals surface area contributed by atoms with Crippen LogP contribution in [0.1, 0.15) is 36.5 Å². The number of benzene rings is 2. The average molecular weight is 514 g/mol. The van der Waals surface area contributed by atoms with Gasteiger partial charge in [0.05, 0.1) is 5.56 Å². The number of amides is 1. The summed E-state index contributed by atoms with van der Waals surface area (Å²) in [7, 11) is -3.68. The molecular formula is C25H27N3O5S2. The SMILES string of the molecule is CC(OC(=O)c1ccc(NS(=O)(=O)c2cccs2)cc1)C(=O)Nc1ccc(N2CCCCC2)cc1. The fraction of sp³-hybridized carbons (Fsp3) is 0.280. The van der Waals surface area contributed by atoms with E-state index in [1.165, 1.54) is 56.5 Å². The average Bonchev–Trinajstić information content (AvgIpc) is 3.41. The van der Waals surface area contributed by atoms with E-state index in [1.54, 1.807) is 11.4 Å². The fourth-order valence-electron chi connectivity index (χ4n) is 3.73. The summed E-state index contributed by atoms with van der Waals surface area (Å²) in [5.74, 6) is -1.12. The molecule has 0 saturated carbocycles. The summed E-state index contributed by atoms with van der Waals surface area (Å²) >= 11 is 1.11. The van der Waals surface area contributed by atoms with Crippen LogP contribution in [-0.2, 0) is 19.6 Å². The van der Waals surface area contributed by atoms with Crippen LogP contribution in [0.25, 0.3) is 0 Å². The van der Waals surface area contributed by atoms with Crippen molar-refractivity contribution in [3.63, 3.8) is 0 Å². The second-order valence-corrected chi connectivity index (χ2v) is 11.1. The molecule has 184 valence electrons. The maximum Gasteiger partial charge on any atom is 0.338 e. The second kappa shape index (κ2) is 10.9. The number of anilines is 3. The first-order valence-electron chi connectivity index (χ1n) is 11.3. The molecule has 8 nitrogen and oxygen atoms in total. The van der Waals surface area contributed by atoms with Crippen LogP contribution in [0.15, 0.2) is 70.3 Å². The first-order valence-corrected chi connectivity index (χ1v) is 13.7. The van der Waals surface area contributed by atoms with Crippen molar-refractivity contribution in [2.24, 2.45) is 0 Å². The Balaban J connectivity index is 1.30. The Bertz CT molecular complexity index is 1250. The van der Waals surface area contributed by atoms with Crippen molar-refractivity contribution in [2.45, 2.75) is 36.5 Å². The lowest BCUT2D eigenvalue weighted by molar-refractivity contribution is -0.123. The maximum atomic E-state index is 12.5. The van der Waals surface area contributed by atoms with Crippen molar-refractivity contribution in [3.8, 4) is 0 Å². The smallest absolute Gasteiger partial charge is 0.338 e. The molecule has 2 N–H and O–H groups in total. The van der Waals surface area contributed by atoms with Gasteiger partial charge in [0.15, 0.2) is 6.10 Å². The van der Waals surface area contributed by atoms with Gasteiger partial charge in [-0.15, -0.1) is 11.3 Å². The van der Waals surface area contributed by atoms with Crippen LogP contribution in [0.4, 0.5) is 17.1 Å². The zero-order chi connectivity index (χ0) is 24.8. The van der Waals surface area contributed by atoms with Gasteiger partial charge in [-0.3, -0.25) is 9.52 Å². The molecular weight excluding hydrogens is 486 g/mol. The zero-order valence-corrected chi connectivity index (χ0v) is 20.9. The number of piperidine rings is 1. The van der Waals surface area contributed by atoms with Crippen LogP contribution in [0.2, 0.25) is 0 Å². The highest BCUT2D eigenvalue weighted by molar-refractivity contribution is 7.94. The summed E-state index contributed by atoms with van der Waals surface area (Å²) < 4.78 is 32.6. The number of hydrogen-bond donors (Lipinski definition) is 2. The van der Waals surface area contributed by atoms with Gasteiger partial charge in [-0.2, -0.15) is 0 Å². The summed E-state index contributed by atoms with van der Waals surface area (Å²) in [6, 6.07) is 16.6. The molecule has 10 heteroatoms. The minimum Gasteiger partial charge on any atom is -0.449 e. The maximum absolute atomic E-state index is 12.5. The predicted octanol–water partition coefficient (Wildman–Crippen LogP) is 4.72. The van der Waals surface area contributed by atoms with Crippen LogP contribution >= 0.6 is 11.3 Å². The van der Waals surface area contributed by atoms with Gasteiger partial charge in [-0.1, -0.05) is 6.07 Å². The number of carbonyl (C=O) groups is 2. The molecule has 0 bridgehead atoms. The molecule has 1 atom stereocenters. The number of hydrogen-bond acceptors (Lipinski definition) is 7. The first-order chi connectivity index (χ1) is 16.8. The van der Waals surface area contributed by atoms with Gasteiger partial charge in [0.1, 0.15) is 4.21 Å². The predicted molar refractivity (Wildman–Crippen MR) is 138 cm³/mol. The van der Waals surface area contributed by atoms with Crippen molar-refractivity contribution >= 4 is 50.3 Å². The molecule has 4 rings (SSSR count). The molecule has 1 aliphatic rings. The first kappa shape index (κ1) is 24.7. The molecule has 1 aliphatic heterocycles. The Hall–Kier alpha value is -3.37. The number of nitrogens with one attached hydrogen (secondary N) is 2. The number of thiophene rings is 1. The molecule has 1 saturated heterocycles. The number of esters is 1. The topological polar surface area (TPSA) is 105 Å². The summed E-state index contributed by atoms with van der Waals surface area (Å²) in [6.45, 7) is 3.58. The van der Waals surface area contributed by atoms with Gasteiger partial charge in [-0.25, -0.2) is 13.2 Å². The lowest BCUT2D eigenvalue weighted by Gasteiger charge is -2.28. The number of carbonyl (C=O) groups excluding carboxylic acids is 2. The Morgan fingerprint density at radius 2 is 1.60 bits per heavy atom. The van der Waals surface area contributed by atoms with Crippen molar-refractivity contribution in [2.75, 3.05) is 28.0 Å². The van der Waals surface area contributed by atoms with E-state index in [9.17, 15) is 18.0 Å². The summed E-state index contributed by atoms with van der Waals surface area (Å²) in [5, 5.41) is 4.44. The van der Waals surface area contributed by atoms with Gasteiger partial charge in [0.25, 0.3) is 15.9 Å². The third-order valence-electron chi connectivity index (χ3n) is 5.64. The summed E-state index contributed by atoms with van der Waals surface area (Å²) in [6.07, 6.45) is 2.63. The highest BCUT2D eigenvalue weighted by atomic mass is 32.2. The monoisotopic (exact) mass is 513 g/mol. The van der Waals surface area contributed by atoms with Gasteiger partial charge in [-0.05, 0) is 86.2 Å². The quantitative estimate of drug-likeness (QED) is 0.422. The second-order valence-electron chi connectivity index (χ2n) is 8.25. The van der Waals surface area contributed by atoms with Crippen LogP contribution in [0.5, 0.6) is 0 Å². The van der Waals surface area contributed by atoms with E-state index < -0.39 is 28.0 Å². The minimum atomic E-state index is -3.68. The zero-order valence-electron chi connectivity index (χ0n) is 19.3. The highest BCUT2D eigenvalue weighted by Crippen LogP contribution is 2.23. The third kappa shape index (κ3) is 6.40. The van der Waals surface area contributed by atoms with Crippen LogP contribution in [0.3, 0.4) is 0 Å². The van der Waals surface area contributed by atoms with Crippen LogP contribution in [0, 0.1) is 0 Å². The van der Waals surface area contributed by atoms with E-state index in [0.717, 1.165) is 30.1 Å². The molecule has 1 fully saturated rings. The van der Waals surface area contributed by atoms with E-state index in [-0.39, 0.29) is 9.77 Å². The molecule has 35 heavy (non-hydrogen) atoms. The number of sulfonamides is 1. The molecule has 1 amide bonds. The largest absolute Gasteiger partial charge is 0.449 e. The molecule has 0 spiro atoms. The van der Waals surface area contributed by atoms with Gasteiger partial charge in [0.2, 0.25) is 0 Å². The van der Waals surface area contributed by atoms with E-state index in [0.29, 0.717) is 11.4 Å².